The van der Waals surface area contributed by atoms with E-state index in [1.165, 1.54) is 12.8 Å². The second kappa shape index (κ2) is 7.85. The number of rotatable bonds is 7. The van der Waals surface area contributed by atoms with Crippen LogP contribution in [0.2, 0.25) is 5.02 Å². The van der Waals surface area contributed by atoms with Crippen molar-refractivity contribution in [3.63, 3.8) is 0 Å². The Hall–Kier alpha value is -0.610. The summed E-state index contributed by atoms with van der Waals surface area (Å²) in [7, 11) is 0. The Morgan fingerprint density at radius 1 is 1.47 bits per heavy atom. The molecular weight excluding hydrogens is 262 g/mol. The van der Waals surface area contributed by atoms with E-state index in [1.54, 1.807) is 0 Å². The van der Waals surface area contributed by atoms with Crippen LogP contribution in [0.5, 0.6) is 0 Å². The van der Waals surface area contributed by atoms with Crippen molar-refractivity contribution in [1.82, 2.24) is 5.32 Å². The second-order valence-electron chi connectivity index (χ2n) is 5.01. The van der Waals surface area contributed by atoms with Gasteiger partial charge in [0.05, 0.1) is 18.8 Å². The van der Waals surface area contributed by atoms with Gasteiger partial charge in [-0.15, -0.1) is 0 Å². The SMILES string of the molecule is CC(CNCC1CCCO1)OCc1ccccc1Cl. The van der Waals surface area contributed by atoms with Gasteiger partial charge in [-0.25, -0.2) is 0 Å². The van der Waals surface area contributed by atoms with Crippen molar-refractivity contribution in [3.8, 4) is 0 Å². The van der Waals surface area contributed by atoms with Crippen LogP contribution in [0.4, 0.5) is 0 Å². The van der Waals surface area contributed by atoms with Crippen molar-refractivity contribution in [2.24, 2.45) is 0 Å². The molecule has 106 valence electrons. The molecule has 2 atom stereocenters. The van der Waals surface area contributed by atoms with E-state index in [2.05, 4.69) is 12.2 Å². The summed E-state index contributed by atoms with van der Waals surface area (Å²) in [5.74, 6) is 0. The Morgan fingerprint density at radius 3 is 3.05 bits per heavy atom. The van der Waals surface area contributed by atoms with E-state index in [0.29, 0.717) is 12.7 Å². The molecule has 19 heavy (non-hydrogen) atoms. The molecule has 0 spiro atoms. The normalized spacial score (nSPS) is 20.6. The summed E-state index contributed by atoms with van der Waals surface area (Å²) < 4.78 is 11.3. The van der Waals surface area contributed by atoms with Crippen LogP contribution in [0.15, 0.2) is 24.3 Å². The fourth-order valence-electron chi connectivity index (χ4n) is 2.16. The number of hydrogen-bond acceptors (Lipinski definition) is 3. The van der Waals surface area contributed by atoms with Crippen LogP contribution in [-0.2, 0) is 16.1 Å². The first-order valence-corrected chi connectivity index (χ1v) is 7.31. The zero-order valence-electron chi connectivity index (χ0n) is 11.4. The van der Waals surface area contributed by atoms with E-state index in [0.717, 1.165) is 30.3 Å². The van der Waals surface area contributed by atoms with Gasteiger partial charge in [-0.2, -0.15) is 0 Å². The maximum absolute atomic E-state index is 6.09. The number of nitrogens with one attached hydrogen (secondary N) is 1. The van der Waals surface area contributed by atoms with Crippen molar-refractivity contribution in [2.45, 2.75) is 38.6 Å². The van der Waals surface area contributed by atoms with E-state index >= 15 is 0 Å². The van der Waals surface area contributed by atoms with Crippen LogP contribution in [-0.4, -0.2) is 31.9 Å². The quantitative estimate of drug-likeness (QED) is 0.834. The van der Waals surface area contributed by atoms with Crippen LogP contribution < -0.4 is 5.32 Å². The van der Waals surface area contributed by atoms with E-state index in [-0.39, 0.29) is 6.10 Å². The van der Waals surface area contributed by atoms with Crippen molar-refractivity contribution in [1.29, 1.82) is 0 Å². The highest BCUT2D eigenvalue weighted by molar-refractivity contribution is 6.31. The van der Waals surface area contributed by atoms with Crippen molar-refractivity contribution >= 4 is 11.6 Å². The van der Waals surface area contributed by atoms with Gasteiger partial charge in [0.2, 0.25) is 0 Å². The standard InChI is InChI=1S/C15H22ClNO2/c1-12(9-17-10-14-6-4-8-18-14)19-11-13-5-2-3-7-15(13)16/h2-3,5,7,12,14,17H,4,6,8-11H2,1H3. The van der Waals surface area contributed by atoms with Crippen LogP contribution in [0.1, 0.15) is 25.3 Å². The minimum Gasteiger partial charge on any atom is -0.377 e. The Morgan fingerprint density at radius 2 is 2.32 bits per heavy atom. The molecule has 4 heteroatoms. The minimum absolute atomic E-state index is 0.165. The predicted molar refractivity (Wildman–Crippen MR) is 77.5 cm³/mol. The Kier molecular flexibility index (Phi) is 6.11. The molecule has 0 bridgehead atoms. The summed E-state index contributed by atoms with van der Waals surface area (Å²) in [6, 6.07) is 7.79. The average Bonchev–Trinajstić information content (AvgIpc) is 2.91. The van der Waals surface area contributed by atoms with Crippen LogP contribution >= 0.6 is 11.6 Å². The lowest BCUT2D eigenvalue weighted by Crippen LogP contribution is -2.32. The monoisotopic (exact) mass is 283 g/mol. The molecule has 0 aliphatic carbocycles. The van der Waals surface area contributed by atoms with Gasteiger partial charge in [-0.05, 0) is 31.4 Å². The average molecular weight is 284 g/mol. The Bertz CT molecular complexity index is 380. The highest BCUT2D eigenvalue weighted by Gasteiger charge is 2.15. The van der Waals surface area contributed by atoms with E-state index in [4.69, 9.17) is 21.1 Å². The van der Waals surface area contributed by atoms with E-state index in [1.807, 2.05) is 24.3 Å². The van der Waals surface area contributed by atoms with Crippen LogP contribution in [0.25, 0.3) is 0 Å². The minimum atomic E-state index is 0.165. The lowest BCUT2D eigenvalue weighted by molar-refractivity contribution is 0.0486. The van der Waals surface area contributed by atoms with Gasteiger partial charge in [0.15, 0.2) is 0 Å². The van der Waals surface area contributed by atoms with Crippen LogP contribution in [0, 0.1) is 0 Å². The first-order chi connectivity index (χ1) is 9.25. The molecule has 0 saturated carbocycles. The number of halogens is 1. The zero-order valence-corrected chi connectivity index (χ0v) is 12.2. The van der Waals surface area contributed by atoms with Gasteiger partial charge in [-0.1, -0.05) is 29.8 Å². The highest BCUT2D eigenvalue weighted by Crippen LogP contribution is 2.16. The summed E-state index contributed by atoms with van der Waals surface area (Å²) in [5, 5.41) is 4.16. The molecule has 0 radical (unpaired) electrons. The molecule has 1 aliphatic rings. The largest absolute Gasteiger partial charge is 0.377 e. The van der Waals surface area contributed by atoms with Gasteiger partial charge in [-0.3, -0.25) is 0 Å². The van der Waals surface area contributed by atoms with Crippen LogP contribution in [0.3, 0.4) is 0 Å². The fourth-order valence-corrected chi connectivity index (χ4v) is 2.35. The number of ether oxygens (including phenoxy) is 2. The summed E-state index contributed by atoms with van der Waals surface area (Å²) in [4.78, 5) is 0. The molecule has 0 amide bonds. The lowest BCUT2D eigenvalue weighted by Gasteiger charge is -2.16. The van der Waals surface area contributed by atoms with Gasteiger partial charge in [0, 0.05) is 24.7 Å². The summed E-state index contributed by atoms with van der Waals surface area (Å²) in [6.07, 6.45) is 2.90. The third-order valence-corrected chi connectivity index (χ3v) is 3.68. The highest BCUT2D eigenvalue weighted by atomic mass is 35.5. The topological polar surface area (TPSA) is 30.5 Å². The molecular formula is C15H22ClNO2. The molecule has 1 heterocycles. The third kappa shape index (κ3) is 5.11. The number of hydrogen-bond donors (Lipinski definition) is 1. The van der Waals surface area contributed by atoms with Crippen molar-refractivity contribution in [2.75, 3.05) is 19.7 Å². The maximum Gasteiger partial charge on any atom is 0.0735 e. The van der Waals surface area contributed by atoms with Crippen molar-refractivity contribution in [3.05, 3.63) is 34.9 Å². The molecule has 1 saturated heterocycles. The second-order valence-corrected chi connectivity index (χ2v) is 5.41. The third-order valence-electron chi connectivity index (χ3n) is 3.31. The van der Waals surface area contributed by atoms with E-state index < -0.39 is 0 Å². The first kappa shape index (κ1) is 14.8. The molecule has 1 aromatic carbocycles. The van der Waals surface area contributed by atoms with Gasteiger partial charge < -0.3 is 14.8 Å². The van der Waals surface area contributed by atoms with E-state index in [9.17, 15) is 0 Å². The zero-order chi connectivity index (χ0) is 13.5. The maximum atomic E-state index is 6.09. The molecule has 2 unspecified atom stereocenters. The smallest absolute Gasteiger partial charge is 0.0735 e. The molecule has 1 aliphatic heterocycles. The van der Waals surface area contributed by atoms with Gasteiger partial charge in [0.1, 0.15) is 0 Å². The predicted octanol–water partition coefficient (Wildman–Crippen LogP) is 3.01. The summed E-state index contributed by atoms with van der Waals surface area (Å²) >= 11 is 6.09. The van der Waals surface area contributed by atoms with Gasteiger partial charge >= 0.3 is 0 Å². The summed E-state index contributed by atoms with van der Waals surface area (Å²) in [5.41, 5.74) is 1.04. The Balaban J connectivity index is 1.61. The molecule has 1 fully saturated rings. The molecule has 0 aromatic heterocycles. The number of benzene rings is 1. The molecule has 1 N–H and O–H groups in total. The summed E-state index contributed by atoms with van der Waals surface area (Å²) in [6.45, 7) is 5.29. The fraction of sp³-hybridized carbons (Fsp3) is 0.600. The molecule has 1 aromatic rings. The van der Waals surface area contributed by atoms with Crippen molar-refractivity contribution < 1.29 is 9.47 Å². The lowest BCUT2D eigenvalue weighted by atomic mass is 10.2. The first-order valence-electron chi connectivity index (χ1n) is 6.93. The molecule has 2 rings (SSSR count). The molecule has 3 nitrogen and oxygen atoms in total. The van der Waals surface area contributed by atoms with Gasteiger partial charge in [0.25, 0.3) is 0 Å². The Labute approximate surface area is 120 Å².